The number of rotatable bonds is 58. The van der Waals surface area contributed by atoms with Crippen LogP contribution >= 0.6 is 0 Å². The Balaban J connectivity index is 3.31. The van der Waals surface area contributed by atoms with Crippen molar-refractivity contribution in [2.45, 2.75) is 366 Å². The van der Waals surface area contributed by atoms with E-state index in [0.717, 1.165) is 38.5 Å². The number of carbonyl (C=O) groups is 2. The fourth-order valence-corrected chi connectivity index (χ4v) is 9.94. The number of hydrogen-bond acceptors (Lipinski definition) is 5. The van der Waals surface area contributed by atoms with Gasteiger partial charge < -0.3 is 20.3 Å². The number of ether oxygens (including phenoxy) is 1. The topological polar surface area (TPSA) is 95.9 Å². The van der Waals surface area contributed by atoms with Crippen molar-refractivity contribution in [1.29, 1.82) is 0 Å². The average Bonchev–Trinajstić information content (AvgIpc) is 3.33. The molecule has 0 aliphatic carbocycles. The van der Waals surface area contributed by atoms with Gasteiger partial charge in [-0.05, 0) is 25.7 Å². The number of unbranched alkanes of at least 4 members (excludes halogenated alkanes) is 47. The van der Waals surface area contributed by atoms with E-state index in [0.29, 0.717) is 25.9 Å². The lowest BCUT2D eigenvalue weighted by Crippen LogP contribution is -2.45. The van der Waals surface area contributed by atoms with Crippen LogP contribution in [0.5, 0.6) is 0 Å². The zero-order valence-corrected chi connectivity index (χ0v) is 45.7. The maximum atomic E-state index is 12.4. The second-order valence-corrected chi connectivity index (χ2v) is 21.4. The minimum Gasteiger partial charge on any atom is -0.466 e. The van der Waals surface area contributed by atoms with Crippen molar-refractivity contribution in [2.24, 2.45) is 0 Å². The lowest BCUT2D eigenvalue weighted by molar-refractivity contribution is -0.143. The number of aliphatic hydroxyl groups excluding tert-OH is 2. The normalized spacial score (nSPS) is 12.5. The summed E-state index contributed by atoms with van der Waals surface area (Å²) in [6.45, 7) is 4.96. The van der Waals surface area contributed by atoms with Gasteiger partial charge in [0.05, 0.1) is 25.4 Å². The molecule has 0 aromatic carbocycles. The lowest BCUT2D eigenvalue weighted by Gasteiger charge is -2.22. The molecule has 0 rings (SSSR count). The van der Waals surface area contributed by atoms with Crippen molar-refractivity contribution in [2.75, 3.05) is 13.2 Å². The van der Waals surface area contributed by atoms with Crippen molar-refractivity contribution in [3.63, 3.8) is 0 Å². The van der Waals surface area contributed by atoms with E-state index in [4.69, 9.17) is 4.74 Å². The van der Waals surface area contributed by atoms with Crippen LogP contribution in [0.4, 0.5) is 0 Å². The quantitative estimate of drug-likeness (QED) is 0.0417. The summed E-state index contributed by atoms with van der Waals surface area (Å²) in [4.78, 5) is 24.5. The Labute approximate surface area is 419 Å². The van der Waals surface area contributed by atoms with E-state index in [9.17, 15) is 19.8 Å². The molecule has 1 amide bonds. The summed E-state index contributed by atoms with van der Waals surface area (Å²) in [5.74, 6) is -0.0168. The highest BCUT2D eigenvalue weighted by atomic mass is 16.5. The summed E-state index contributed by atoms with van der Waals surface area (Å²) in [7, 11) is 0. The van der Waals surface area contributed by atoms with E-state index < -0.39 is 12.1 Å². The van der Waals surface area contributed by atoms with Gasteiger partial charge in [0.1, 0.15) is 0 Å². The molecule has 2 unspecified atom stereocenters. The van der Waals surface area contributed by atoms with E-state index in [1.807, 2.05) is 0 Å². The molecule has 0 aromatic heterocycles. The zero-order valence-electron chi connectivity index (χ0n) is 45.7. The summed E-state index contributed by atoms with van der Waals surface area (Å²) in [6.07, 6.45) is 67.0. The molecule has 6 nitrogen and oxygen atoms in total. The van der Waals surface area contributed by atoms with Gasteiger partial charge in [0.15, 0.2) is 0 Å². The van der Waals surface area contributed by atoms with Gasteiger partial charge in [0.2, 0.25) is 5.91 Å². The van der Waals surface area contributed by atoms with Crippen molar-refractivity contribution in [1.82, 2.24) is 5.32 Å². The first-order chi connectivity index (χ1) is 33.0. The van der Waals surface area contributed by atoms with Gasteiger partial charge in [-0.1, -0.05) is 316 Å². The molecule has 0 spiro atoms. The molecule has 0 fully saturated rings. The highest BCUT2D eigenvalue weighted by molar-refractivity contribution is 5.76. The fraction of sp³-hybridized carbons (Fsp3) is 0.967. The predicted molar refractivity (Wildman–Crippen MR) is 292 cm³/mol. The molecule has 0 bridgehead atoms. The summed E-state index contributed by atoms with van der Waals surface area (Å²) in [6, 6.07) is -0.538. The lowest BCUT2D eigenvalue weighted by atomic mass is 10.0. The third-order valence-corrected chi connectivity index (χ3v) is 14.7. The van der Waals surface area contributed by atoms with Crippen molar-refractivity contribution in [3.05, 3.63) is 0 Å². The van der Waals surface area contributed by atoms with E-state index in [2.05, 4.69) is 19.2 Å². The van der Waals surface area contributed by atoms with Gasteiger partial charge in [-0.2, -0.15) is 0 Å². The molecular weight excluding hydrogens is 827 g/mol. The van der Waals surface area contributed by atoms with Crippen LogP contribution in [0.15, 0.2) is 0 Å². The fourth-order valence-electron chi connectivity index (χ4n) is 9.94. The van der Waals surface area contributed by atoms with Crippen molar-refractivity contribution < 1.29 is 24.5 Å². The first kappa shape index (κ1) is 65.9. The number of hydrogen-bond donors (Lipinski definition) is 3. The van der Waals surface area contributed by atoms with Crippen molar-refractivity contribution in [3.8, 4) is 0 Å². The largest absolute Gasteiger partial charge is 0.466 e. The minimum absolute atomic E-state index is 0.0188. The summed E-state index contributed by atoms with van der Waals surface area (Å²) in [5, 5.41) is 23.1. The molecule has 3 N–H and O–H groups in total. The molecule has 6 heteroatoms. The number of amides is 1. The van der Waals surface area contributed by atoms with E-state index in [1.165, 1.54) is 283 Å². The molecule has 0 saturated heterocycles. The standard InChI is InChI=1S/C61H121NO5/c1-3-5-7-9-11-13-14-15-16-17-22-26-29-32-35-39-43-47-51-55-61(66)67-56-52-48-44-40-36-33-30-27-24-21-19-18-20-23-25-28-31-34-38-42-46-50-54-60(65)62-58(57-63)59(64)53-49-45-41-37-12-10-8-6-4-2/h58-59,63-64H,3-57H2,1-2H3,(H,62,65). The van der Waals surface area contributed by atoms with E-state index in [-0.39, 0.29) is 18.5 Å². The van der Waals surface area contributed by atoms with E-state index >= 15 is 0 Å². The van der Waals surface area contributed by atoms with Gasteiger partial charge in [-0.15, -0.1) is 0 Å². The summed E-state index contributed by atoms with van der Waals surface area (Å²) in [5.41, 5.74) is 0. The maximum absolute atomic E-state index is 12.4. The minimum atomic E-state index is -0.661. The van der Waals surface area contributed by atoms with Crippen LogP contribution in [0.25, 0.3) is 0 Å². The molecule has 0 aromatic rings. The molecule has 0 radical (unpaired) electrons. The highest BCUT2D eigenvalue weighted by Crippen LogP contribution is 2.18. The predicted octanol–water partition coefficient (Wildman–Crippen LogP) is 19.1. The Morgan fingerprint density at radius 2 is 0.612 bits per heavy atom. The summed E-state index contributed by atoms with van der Waals surface area (Å²) < 4.78 is 5.50. The molecule has 0 aliphatic heterocycles. The third kappa shape index (κ3) is 54.0. The highest BCUT2D eigenvalue weighted by Gasteiger charge is 2.20. The Kier molecular flexibility index (Phi) is 56.5. The molecule has 2 atom stereocenters. The Hall–Kier alpha value is -1.14. The van der Waals surface area contributed by atoms with Crippen LogP contribution in [0.3, 0.4) is 0 Å². The van der Waals surface area contributed by atoms with Gasteiger partial charge in [0, 0.05) is 12.8 Å². The number of esters is 1. The van der Waals surface area contributed by atoms with Gasteiger partial charge >= 0.3 is 5.97 Å². The van der Waals surface area contributed by atoms with E-state index in [1.54, 1.807) is 0 Å². The van der Waals surface area contributed by atoms with Gasteiger partial charge in [0.25, 0.3) is 0 Å². The monoisotopic (exact) mass is 948 g/mol. The van der Waals surface area contributed by atoms with Crippen LogP contribution < -0.4 is 5.32 Å². The third-order valence-electron chi connectivity index (χ3n) is 14.7. The first-order valence-corrected chi connectivity index (χ1v) is 30.8. The van der Waals surface area contributed by atoms with Gasteiger partial charge in [-0.3, -0.25) is 9.59 Å². The second-order valence-electron chi connectivity index (χ2n) is 21.4. The first-order valence-electron chi connectivity index (χ1n) is 30.8. The van der Waals surface area contributed by atoms with Crippen LogP contribution in [0, 0.1) is 0 Å². The molecule has 400 valence electrons. The Morgan fingerprint density at radius 1 is 0.358 bits per heavy atom. The number of aliphatic hydroxyl groups is 2. The van der Waals surface area contributed by atoms with Crippen molar-refractivity contribution >= 4 is 11.9 Å². The van der Waals surface area contributed by atoms with Gasteiger partial charge in [-0.25, -0.2) is 0 Å². The zero-order chi connectivity index (χ0) is 48.6. The molecule has 0 aliphatic rings. The molecule has 67 heavy (non-hydrogen) atoms. The molecule has 0 heterocycles. The van der Waals surface area contributed by atoms with Crippen LogP contribution in [-0.2, 0) is 14.3 Å². The maximum Gasteiger partial charge on any atom is 0.305 e. The molecular formula is C61H121NO5. The SMILES string of the molecule is CCCCCCCCCCCCCCCCCCCCCC(=O)OCCCCCCCCCCCCCCCCCCCCCCCCC(=O)NC(CO)C(O)CCCCCCCCCCC. The summed E-state index contributed by atoms with van der Waals surface area (Å²) >= 11 is 0. The Bertz CT molecular complexity index is 959. The van der Waals surface area contributed by atoms with Crippen LogP contribution in [0.1, 0.15) is 354 Å². The smallest absolute Gasteiger partial charge is 0.305 e. The number of nitrogens with one attached hydrogen (secondary N) is 1. The molecule has 0 saturated carbocycles. The Morgan fingerprint density at radius 3 is 0.910 bits per heavy atom. The van der Waals surface area contributed by atoms with Crippen LogP contribution in [0.2, 0.25) is 0 Å². The van der Waals surface area contributed by atoms with Crippen LogP contribution in [-0.4, -0.2) is 47.4 Å². The average molecular weight is 949 g/mol. The number of carbonyl (C=O) groups excluding carboxylic acids is 2. The second kappa shape index (κ2) is 57.4.